The summed E-state index contributed by atoms with van der Waals surface area (Å²) in [5.41, 5.74) is 5.17. The molecular weight excluding hydrogens is 276 g/mol. The van der Waals surface area contributed by atoms with Crippen LogP contribution in [0.2, 0.25) is 0 Å². The first-order valence-electron chi connectivity index (χ1n) is 6.58. The first-order valence-corrected chi connectivity index (χ1v) is 6.58. The highest BCUT2D eigenvalue weighted by atomic mass is 16.6. The van der Waals surface area contributed by atoms with Gasteiger partial charge in [0.1, 0.15) is 5.82 Å². The minimum Gasteiger partial charge on any atom is -0.481 e. The summed E-state index contributed by atoms with van der Waals surface area (Å²) in [5.74, 6) is -0.469. The first kappa shape index (κ1) is 16.7. The molecule has 116 valence electrons. The molecular formula is C13H20N4O4. The predicted octanol–water partition coefficient (Wildman–Crippen LogP) is 2.26. The van der Waals surface area contributed by atoms with E-state index in [9.17, 15) is 14.9 Å². The second-order valence-electron chi connectivity index (χ2n) is 5.59. The number of nitrogens with zero attached hydrogens (tertiary/aromatic N) is 2. The number of nitrogen functional groups attached to an aromatic ring is 1. The van der Waals surface area contributed by atoms with E-state index in [1.54, 1.807) is 0 Å². The van der Waals surface area contributed by atoms with Crippen LogP contribution in [0.15, 0.2) is 12.1 Å². The lowest BCUT2D eigenvalue weighted by Gasteiger charge is -2.23. The molecule has 0 aromatic carbocycles. The van der Waals surface area contributed by atoms with E-state index >= 15 is 0 Å². The smallest absolute Gasteiger partial charge is 0.311 e. The number of carbonyl (C=O) groups is 1. The Balaban J connectivity index is 2.50. The molecule has 0 amide bonds. The molecule has 0 spiro atoms. The molecule has 0 saturated carbocycles. The Bertz CT molecular complexity index is 531. The van der Waals surface area contributed by atoms with Crippen molar-refractivity contribution in [3.05, 3.63) is 22.2 Å². The number of aromatic nitrogens is 1. The van der Waals surface area contributed by atoms with Gasteiger partial charge in [0, 0.05) is 19.0 Å². The number of pyridine rings is 1. The summed E-state index contributed by atoms with van der Waals surface area (Å²) in [6, 6.07) is 2.80. The van der Waals surface area contributed by atoms with Gasteiger partial charge < -0.3 is 16.2 Å². The number of aliphatic carboxylic acids is 1. The third-order valence-corrected chi connectivity index (χ3v) is 3.22. The van der Waals surface area contributed by atoms with Gasteiger partial charge in [0.2, 0.25) is 5.82 Å². The van der Waals surface area contributed by atoms with Gasteiger partial charge in [-0.25, -0.2) is 4.98 Å². The Morgan fingerprint density at radius 3 is 2.67 bits per heavy atom. The van der Waals surface area contributed by atoms with Gasteiger partial charge >= 0.3 is 11.7 Å². The molecule has 0 fully saturated rings. The van der Waals surface area contributed by atoms with Crippen molar-refractivity contribution in [2.24, 2.45) is 5.41 Å². The predicted molar refractivity (Wildman–Crippen MR) is 79.1 cm³/mol. The Kier molecular flexibility index (Phi) is 5.45. The van der Waals surface area contributed by atoms with E-state index in [0.29, 0.717) is 18.8 Å². The minimum absolute atomic E-state index is 0.113. The molecule has 4 N–H and O–H groups in total. The van der Waals surface area contributed by atoms with Crippen LogP contribution < -0.4 is 11.1 Å². The van der Waals surface area contributed by atoms with E-state index in [1.807, 2.05) is 13.8 Å². The molecule has 21 heavy (non-hydrogen) atoms. The Morgan fingerprint density at radius 1 is 1.48 bits per heavy atom. The molecule has 1 heterocycles. The Hall–Kier alpha value is -2.38. The second-order valence-corrected chi connectivity index (χ2v) is 5.59. The van der Waals surface area contributed by atoms with Crippen LogP contribution in [0.4, 0.5) is 17.3 Å². The fourth-order valence-electron chi connectivity index (χ4n) is 1.82. The van der Waals surface area contributed by atoms with E-state index in [1.165, 1.54) is 12.1 Å². The molecule has 0 unspecified atom stereocenters. The number of nitrogens with one attached hydrogen (secondary N) is 1. The van der Waals surface area contributed by atoms with Gasteiger partial charge in [0.05, 0.1) is 4.92 Å². The van der Waals surface area contributed by atoms with Crippen molar-refractivity contribution >= 4 is 23.3 Å². The molecule has 0 radical (unpaired) electrons. The average molecular weight is 296 g/mol. The number of hydrogen-bond donors (Lipinski definition) is 3. The van der Waals surface area contributed by atoms with Crippen molar-refractivity contribution < 1.29 is 14.8 Å². The summed E-state index contributed by atoms with van der Waals surface area (Å²) < 4.78 is 0. The third-order valence-electron chi connectivity index (χ3n) is 3.22. The topological polar surface area (TPSA) is 131 Å². The summed E-state index contributed by atoms with van der Waals surface area (Å²) >= 11 is 0. The molecule has 0 aliphatic rings. The maximum absolute atomic E-state index is 10.6. The highest BCUT2D eigenvalue weighted by molar-refractivity contribution is 5.66. The van der Waals surface area contributed by atoms with Gasteiger partial charge in [-0.05, 0) is 24.3 Å². The summed E-state index contributed by atoms with van der Waals surface area (Å²) in [5, 5.41) is 22.3. The maximum Gasteiger partial charge on any atom is 0.311 e. The van der Waals surface area contributed by atoms with Crippen LogP contribution >= 0.6 is 0 Å². The normalized spacial score (nSPS) is 11.1. The standard InChI is InChI=1S/C13H20N4O4/c1-13(2,6-5-11(18)19)7-8-15-10-4-3-9(17(20)21)12(14)16-10/h3-4H,5-8H2,1-2H3,(H,18,19)(H3,14,15,16). The molecule has 1 aromatic rings. The Labute approximate surface area is 122 Å². The van der Waals surface area contributed by atoms with E-state index in [-0.39, 0.29) is 23.3 Å². The van der Waals surface area contributed by atoms with E-state index in [0.717, 1.165) is 6.42 Å². The lowest BCUT2D eigenvalue weighted by molar-refractivity contribution is -0.384. The zero-order chi connectivity index (χ0) is 16.0. The number of rotatable bonds is 8. The summed E-state index contributed by atoms with van der Waals surface area (Å²) in [4.78, 5) is 24.5. The van der Waals surface area contributed by atoms with Crippen LogP contribution in [0, 0.1) is 15.5 Å². The average Bonchev–Trinajstić information content (AvgIpc) is 2.36. The zero-order valence-electron chi connectivity index (χ0n) is 12.1. The molecule has 1 rings (SSSR count). The molecule has 0 atom stereocenters. The fraction of sp³-hybridized carbons (Fsp3) is 0.538. The van der Waals surface area contributed by atoms with Crippen LogP contribution in [0.25, 0.3) is 0 Å². The van der Waals surface area contributed by atoms with E-state index in [2.05, 4.69) is 10.3 Å². The number of nitro groups is 1. The third kappa shape index (κ3) is 5.64. The summed E-state index contributed by atoms with van der Waals surface area (Å²) in [6.45, 7) is 4.57. The molecule has 0 aliphatic heterocycles. The van der Waals surface area contributed by atoms with Gasteiger partial charge in [0.25, 0.3) is 0 Å². The zero-order valence-corrected chi connectivity index (χ0v) is 12.1. The molecule has 0 aliphatic carbocycles. The summed E-state index contributed by atoms with van der Waals surface area (Å²) in [6.07, 6.45) is 1.47. The maximum atomic E-state index is 10.6. The molecule has 8 nitrogen and oxygen atoms in total. The number of nitrogens with two attached hydrogens (primary N) is 1. The van der Waals surface area contributed by atoms with Crippen molar-refractivity contribution in [2.75, 3.05) is 17.6 Å². The largest absolute Gasteiger partial charge is 0.481 e. The van der Waals surface area contributed by atoms with Crippen LogP contribution in [0.5, 0.6) is 0 Å². The van der Waals surface area contributed by atoms with Crippen LogP contribution in [0.3, 0.4) is 0 Å². The second kappa shape index (κ2) is 6.87. The van der Waals surface area contributed by atoms with Crippen LogP contribution in [-0.2, 0) is 4.79 Å². The van der Waals surface area contributed by atoms with Gasteiger partial charge in [0.15, 0.2) is 0 Å². The molecule has 1 aromatic heterocycles. The van der Waals surface area contributed by atoms with Crippen LogP contribution in [0.1, 0.15) is 33.1 Å². The quantitative estimate of drug-likeness (QED) is 0.495. The van der Waals surface area contributed by atoms with Gasteiger partial charge in [-0.15, -0.1) is 0 Å². The number of anilines is 2. The van der Waals surface area contributed by atoms with Crippen molar-refractivity contribution in [3.8, 4) is 0 Å². The molecule has 0 bridgehead atoms. The van der Waals surface area contributed by atoms with Gasteiger partial charge in [-0.2, -0.15) is 0 Å². The number of carboxylic acids is 1. The van der Waals surface area contributed by atoms with E-state index < -0.39 is 10.9 Å². The lowest BCUT2D eigenvalue weighted by atomic mass is 9.84. The SMILES string of the molecule is CC(C)(CCNc1ccc([N+](=O)[O-])c(N)n1)CCC(=O)O. The van der Waals surface area contributed by atoms with Crippen molar-refractivity contribution in [1.82, 2.24) is 4.98 Å². The minimum atomic E-state index is -0.805. The molecule has 8 heteroatoms. The number of carboxylic acid groups (broad SMARTS) is 1. The lowest BCUT2D eigenvalue weighted by Crippen LogP contribution is -2.18. The van der Waals surface area contributed by atoms with Crippen molar-refractivity contribution in [2.45, 2.75) is 33.1 Å². The van der Waals surface area contributed by atoms with Crippen LogP contribution in [-0.4, -0.2) is 27.5 Å². The highest BCUT2D eigenvalue weighted by Crippen LogP contribution is 2.27. The summed E-state index contributed by atoms with van der Waals surface area (Å²) in [7, 11) is 0. The van der Waals surface area contributed by atoms with Gasteiger partial charge in [-0.1, -0.05) is 13.8 Å². The number of hydrogen-bond acceptors (Lipinski definition) is 6. The van der Waals surface area contributed by atoms with Crippen molar-refractivity contribution in [1.29, 1.82) is 0 Å². The fourth-order valence-corrected chi connectivity index (χ4v) is 1.82. The first-order chi connectivity index (χ1) is 9.71. The highest BCUT2D eigenvalue weighted by Gasteiger charge is 2.19. The van der Waals surface area contributed by atoms with E-state index in [4.69, 9.17) is 10.8 Å². The van der Waals surface area contributed by atoms with Crippen molar-refractivity contribution in [3.63, 3.8) is 0 Å². The van der Waals surface area contributed by atoms with Gasteiger partial charge in [-0.3, -0.25) is 14.9 Å². The monoisotopic (exact) mass is 296 g/mol. The molecule has 0 saturated heterocycles. The Morgan fingerprint density at radius 2 is 2.14 bits per heavy atom.